The minimum absolute atomic E-state index is 0.00803. The predicted octanol–water partition coefficient (Wildman–Crippen LogP) is 4.97. The molecule has 0 radical (unpaired) electrons. The molecule has 0 saturated heterocycles. The van der Waals surface area contributed by atoms with Crippen LogP contribution in [-0.2, 0) is 5.41 Å². The molecule has 112 valence electrons. The second-order valence-corrected chi connectivity index (χ2v) is 6.25. The van der Waals surface area contributed by atoms with Crippen molar-refractivity contribution in [3.05, 3.63) is 59.4 Å². The minimum atomic E-state index is -0.697. The van der Waals surface area contributed by atoms with Crippen LogP contribution >= 0.6 is 0 Å². The van der Waals surface area contributed by atoms with Gasteiger partial charge in [0.05, 0.1) is 6.10 Å². The van der Waals surface area contributed by atoms with Crippen LogP contribution < -0.4 is 4.74 Å². The van der Waals surface area contributed by atoms with Gasteiger partial charge in [-0.2, -0.15) is 0 Å². The molecule has 0 aromatic heterocycles. The molecule has 2 aromatic carbocycles. The van der Waals surface area contributed by atoms with Crippen molar-refractivity contribution in [1.29, 1.82) is 0 Å². The molecule has 0 heterocycles. The normalized spacial score (nSPS) is 13.0. The fourth-order valence-electron chi connectivity index (χ4n) is 2.01. The lowest BCUT2D eigenvalue weighted by Crippen LogP contribution is -2.10. The molecule has 1 atom stereocenters. The summed E-state index contributed by atoms with van der Waals surface area (Å²) < 4.78 is 19.6. The van der Waals surface area contributed by atoms with Crippen molar-refractivity contribution in [3.63, 3.8) is 0 Å². The van der Waals surface area contributed by atoms with Gasteiger partial charge in [0.1, 0.15) is 5.75 Å². The standard InChI is InChI=1S/C18H21FO2/c1-12(20)13-8-9-17(16(19)10-13)21-15-7-5-6-14(11-15)18(2,3)4/h5-12,20H,1-4H3. The van der Waals surface area contributed by atoms with Crippen LogP contribution in [0.25, 0.3) is 0 Å². The Hall–Kier alpha value is -1.87. The maximum atomic E-state index is 14.0. The van der Waals surface area contributed by atoms with E-state index in [4.69, 9.17) is 4.74 Å². The Labute approximate surface area is 125 Å². The average Bonchev–Trinajstić information content (AvgIpc) is 2.40. The van der Waals surface area contributed by atoms with Gasteiger partial charge in [0, 0.05) is 0 Å². The number of hydrogen-bond donors (Lipinski definition) is 1. The summed E-state index contributed by atoms with van der Waals surface area (Å²) >= 11 is 0. The zero-order valence-corrected chi connectivity index (χ0v) is 12.9. The summed E-state index contributed by atoms with van der Waals surface area (Å²) in [7, 11) is 0. The van der Waals surface area contributed by atoms with Crippen LogP contribution in [0, 0.1) is 5.82 Å². The van der Waals surface area contributed by atoms with Gasteiger partial charge in [0.2, 0.25) is 0 Å². The summed E-state index contributed by atoms with van der Waals surface area (Å²) in [6.07, 6.45) is -0.697. The Bertz CT molecular complexity index is 627. The zero-order valence-electron chi connectivity index (χ0n) is 12.9. The summed E-state index contributed by atoms with van der Waals surface area (Å²) in [6, 6.07) is 12.2. The fraction of sp³-hybridized carbons (Fsp3) is 0.333. The van der Waals surface area contributed by atoms with Crippen molar-refractivity contribution in [1.82, 2.24) is 0 Å². The van der Waals surface area contributed by atoms with E-state index in [0.717, 1.165) is 5.56 Å². The van der Waals surface area contributed by atoms with E-state index in [1.807, 2.05) is 18.2 Å². The number of hydrogen-bond acceptors (Lipinski definition) is 2. The third kappa shape index (κ3) is 3.82. The zero-order chi connectivity index (χ0) is 15.6. The molecule has 0 fully saturated rings. The highest BCUT2D eigenvalue weighted by atomic mass is 19.1. The maximum absolute atomic E-state index is 14.0. The largest absolute Gasteiger partial charge is 0.454 e. The van der Waals surface area contributed by atoms with E-state index >= 15 is 0 Å². The SMILES string of the molecule is CC(O)c1ccc(Oc2cccc(C(C)(C)C)c2)c(F)c1. The monoisotopic (exact) mass is 288 g/mol. The number of aliphatic hydroxyl groups excluding tert-OH is 1. The molecular formula is C18H21FO2. The molecule has 0 spiro atoms. The summed E-state index contributed by atoms with van der Waals surface area (Å²) in [5, 5.41) is 9.45. The third-order valence-corrected chi connectivity index (χ3v) is 3.37. The van der Waals surface area contributed by atoms with E-state index in [1.54, 1.807) is 25.1 Å². The summed E-state index contributed by atoms with van der Waals surface area (Å²) in [4.78, 5) is 0. The molecule has 0 bridgehead atoms. The van der Waals surface area contributed by atoms with Crippen molar-refractivity contribution in [2.75, 3.05) is 0 Å². The first-order valence-corrected chi connectivity index (χ1v) is 7.03. The van der Waals surface area contributed by atoms with Crippen LogP contribution in [0.5, 0.6) is 11.5 Å². The van der Waals surface area contributed by atoms with E-state index < -0.39 is 11.9 Å². The van der Waals surface area contributed by atoms with Gasteiger partial charge in [-0.1, -0.05) is 39.0 Å². The molecule has 0 aliphatic carbocycles. The number of ether oxygens (including phenoxy) is 1. The molecule has 0 saturated carbocycles. The second-order valence-electron chi connectivity index (χ2n) is 6.25. The second kappa shape index (κ2) is 5.86. The molecule has 0 amide bonds. The van der Waals surface area contributed by atoms with Crippen molar-refractivity contribution >= 4 is 0 Å². The third-order valence-electron chi connectivity index (χ3n) is 3.37. The first-order valence-electron chi connectivity index (χ1n) is 7.03. The van der Waals surface area contributed by atoms with E-state index in [0.29, 0.717) is 11.3 Å². The number of aliphatic hydroxyl groups is 1. The predicted molar refractivity (Wildman–Crippen MR) is 82.2 cm³/mol. The van der Waals surface area contributed by atoms with E-state index in [9.17, 15) is 9.50 Å². The van der Waals surface area contributed by atoms with Gasteiger partial charge < -0.3 is 9.84 Å². The molecule has 21 heavy (non-hydrogen) atoms. The van der Waals surface area contributed by atoms with Gasteiger partial charge in [-0.3, -0.25) is 0 Å². The molecule has 0 aliphatic rings. The van der Waals surface area contributed by atoms with Crippen LogP contribution in [0.4, 0.5) is 4.39 Å². The maximum Gasteiger partial charge on any atom is 0.166 e. The van der Waals surface area contributed by atoms with Gasteiger partial charge in [0.15, 0.2) is 11.6 Å². The van der Waals surface area contributed by atoms with Gasteiger partial charge in [-0.05, 0) is 47.7 Å². The molecular weight excluding hydrogens is 267 g/mol. The van der Waals surface area contributed by atoms with Gasteiger partial charge >= 0.3 is 0 Å². The van der Waals surface area contributed by atoms with Gasteiger partial charge in [0.25, 0.3) is 0 Å². The first kappa shape index (κ1) is 15.5. The molecule has 2 aromatic rings. The topological polar surface area (TPSA) is 29.5 Å². The van der Waals surface area contributed by atoms with Crippen molar-refractivity contribution in [3.8, 4) is 11.5 Å². The van der Waals surface area contributed by atoms with Crippen molar-refractivity contribution in [2.45, 2.75) is 39.2 Å². The Kier molecular flexibility index (Phi) is 4.33. The Balaban J connectivity index is 2.26. The van der Waals surface area contributed by atoms with E-state index in [-0.39, 0.29) is 11.2 Å². The van der Waals surface area contributed by atoms with Crippen molar-refractivity contribution < 1.29 is 14.2 Å². The fourth-order valence-corrected chi connectivity index (χ4v) is 2.01. The first-order chi connectivity index (χ1) is 9.77. The summed E-state index contributed by atoms with van der Waals surface area (Å²) in [5.74, 6) is 0.283. The highest BCUT2D eigenvalue weighted by molar-refractivity contribution is 5.38. The van der Waals surface area contributed by atoms with Gasteiger partial charge in [-0.15, -0.1) is 0 Å². The molecule has 2 nitrogen and oxygen atoms in total. The van der Waals surface area contributed by atoms with Crippen LogP contribution in [0.3, 0.4) is 0 Å². The molecule has 3 heteroatoms. The lowest BCUT2D eigenvalue weighted by Gasteiger charge is -2.19. The van der Waals surface area contributed by atoms with E-state index in [2.05, 4.69) is 20.8 Å². The van der Waals surface area contributed by atoms with Gasteiger partial charge in [-0.25, -0.2) is 4.39 Å². The smallest absolute Gasteiger partial charge is 0.166 e. The number of halogens is 1. The van der Waals surface area contributed by atoms with Crippen LogP contribution in [-0.4, -0.2) is 5.11 Å². The number of benzene rings is 2. The highest BCUT2D eigenvalue weighted by Gasteiger charge is 2.15. The quantitative estimate of drug-likeness (QED) is 0.864. The highest BCUT2D eigenvalue weighted by Crippen LogP contribution is 2.30. The summed E-state index contributed by atoms with van der Waals surface area (Å²) in [5.41, 5.74) is 1.66. The Morgan fingerprint density at radius 3 is 2.38 bits per heavy atom. The molecule has 1 N–H and O–H groups in total. The Morgan fingerprint density at radius 2 is 1.81 bits per heavy atom. The van der Waals surface area contributed by atoms with Crippen LogP contribution in [0.15, 0.2) is 42.5 Å². The average molecular weight is 288 g/mol. The van der Waals surface area contributed by atoms with Crippen LogP contribution in [0.1, 0.15) is 44.9 Å². The molecule has 0 aliphatic heterocycles. The number of rotatable bonds is 3. The van der Waals surface area contributed by atoms with Crippen molar-refractivity contribution in [2.24, 2.45) is 0 Å². The van der Waals surface area contributed by atoms with Crippen LogP contribution in [0.2, 0.25) is 0 Å². The molecule has 1 unspecified atom stereocenters. The lowest BCUT2D eigenvalue weighted by atomic mass is 9.87. The Morgan fingerprint density at radius 1 is 1.10 bits per heavy atom. The minimum Gasteiger partial charge on any atom is -0.454 e. The molecule has 2 rings (SSSR count). The lowest BCUT2D eigenvalue weighted by molar-refractivity contribution is 0.198. The van der Waals surface area contributed by atoms with E-state index in [1.165, 1.54) is 6.07 Å². The summed E-state index contributed by atoms with van der Waals surface area (Å²) in [6.45, 7) is 7.94.